The van der Waals surface area contributed by atoms with Crippen molar-refractivity contribution >= 4 is 28.3 Å². The monoisotopic (exact) mass is 315 g/mol. The second-order valence-corrected chi connectivity index (χ2v) is 4.51. The fraction of sp³-hybridized carbons (Fsp3) is 0.0769. The highest BCUT2D eigenvalue weighted by atomic mass is 79.9. The molecule has 2 aromatic carbocycles. The molecule has 0 spiro atoms. The number of hydrogen-bond donors (Lipinski definition) is 1. The quantitative estimate of drug-likeness (QED) is 0.888. The summed E-state index contributed by atoms with van der Waals surface area (Å²) < 4.78 is 13.9. The van der Waals surface area contributed by atoms with Crippen LogP contribution in [0.25, 0.3) is 0 Å². The summed E-state index contributed by atoms with van der Waals surface area (Å²) in [5.74, 6) is -0.282. The van der Waals surface area contributed by atoms with Gasteiger partial charge >= 0.3 is 0 Å². The van der Waals surface area contributed by atoms with Gasteiger partial charge < -0.3 is 5.73 Å². The third-order valence-corrected chi connectivity index (χ3v) is 2.86. The molecule has 0 heterocycles. The Labute approximate surface area is 114 Å². The van der Waals surface area contributed by atoms with Gasteiger partial charge in [-0.05, 0) is 29.3 Å². The zero-order chi connectivity index (χ0) is 11.5. The largest absolute Gasteiger partial charge is 0.320 e. The summed E-state index contributed by atoms with van der Waals surface area (Å²) in [6, 6.07) is 14.1. The summed E-state index contributed by atoms with van der Waals surface area (Å²) in [5.41, 5.74) is 7.80. The SMILES string of the molecule is Cl.NC(c1ccccc1)c1cc(F)cc(Br)c1. The fourth-order valence-electron chi connectivity index (χ4n) is 1.61. The van der Waals surface area contributed by atoms with Crippen LogP contribution in [-0.4, -0.2) is 0 Å². The van der Waals surface area contributed by atoms with E-state index in [1.54, 1.807) is 0 Å². The van der Waals surface area contributed by atoms with Gasteiger partial charge in [-0.1, -0.05) is 46.3 Å². The van der Waals surface area contributed by atoms with E-state index in [0.29, 0.717) is 4.47 Å². The van der Waals surface area contributed by atoms with Crippen LogP contribution < -0.4 is 5.73 Å². The van der Waals surface area contributed by atoms with E-state index < -0.39 is 0 Å². The smallest absolute Gasteiger partial charge is 0.124 e. The predicted octanol–water partition coefficient (Wildman–Crippen LogP) is 4.06. The van der Waals surface area contributed by atoms with Crippen LogP contribution in [-0.2, 0) is 0 Å². The summed E-state index contributed by atoms with van der Waals surface area (Å²) in [4.78, 5) is 0. The molecule has 0 aliphatic carbocycles. The number of benzene rings is 2. The van der Waals surface area contributed by atoms with E-state index in [2.05, 4.69) is 15.9 Å². The molecule has 17 heavy (non-hydrogen) atoms. The molecule has 0 radical (unpaired) electrons. The first kappa shape index (κ1) is 14.2. The lowest BCUT2D eigenvalue weighted by Gasteiger charge is -2.12. The van der Waals surface area contributed by atoms with Gasteiger partial charge in [0.05, 0.1) is 6.04 Å². The van der Waals surface area contributed by atoms with Crippen molar-refractivity contribution in [2.75, 3.05) is 0 Å². The Morgan fingerprint density at radius 3 is 2.24 bits per heavy atom. The van der Waals surface area contributed by atoms with Crippen molar-refractivity contribution in [2.45, 2.75) is 6.04 Å². The van der Waals surface area contributed by atoms with E-state index >= 15 is 0 Å². The van der Waals surface area contributed by atoms with Crippen molar-refractivity contribution < 1.29 is 4.39 Å². The molecule has 0 saturated heterocycles. The van der Waals surface area contributed by atoms with Crippen molar-refractivity contribution in [1.82, 2.24) is 0 Å². The lowest BCUT2D eigenvalue weighted by atomic mass is 10.00. The van der Waals surface area contributed by atoms with E-state index in [1.165, 1.54) is 12.1 Å². The van der Waals surface area contributed by atoms with Gasteiger partial charge in [0, 0.05) is 4.47 Å². The standard InChI is InChI=1S/C13H11BrFN.ClH/c14-11-6-10(7-12(15)8-11)13(16)9-4-2-1-3-5-9;/h1-8,13H,16H2;1H. The van der Waals surface area contributed by atoms with Crippen molar-refractivity contribution in [1.29, 1.82) is 0 Å². The molecule has 2 rings (SSSR count). The van der Waals surface area contributed by atoms with Gasteiger partial charge in [-0.25, -0.2) is 4.39 Å². The molecule has 0 fully saturated rings. The van der Waals surface area contributed by atoms with E-state index in [1.807, 2.05) is 36.4 Å². The Morgan fingerprint density at radius 2 is 1.65 bits per heavy atom. The molecule has 2 aromatic rings. The first-order valence-corrected chi connectivity index (χ1v) is 5.72. The highest BCUT2D eigenvalue weighted by molar-refractivity contribution is 9.10. The zero-order valence-electron chi connectivity index (χ0n) is 8.94. The molecular weight excluding hydrogens is 305 g/mol. The molecule has 4 heteroatoms. The molecule has 1 nitrogen and oxygen atoms in total. The summed E-state index contributed by atoms with van der Waals surface area (Å²) in [5, 5.41) is 0. The summed E-state index contributed by atoms with van der Waals surface area (Å²) in [6.07, 6.45) is 0. The highest BCUT2D eigenvalue weighted by Gasteiger charge is 2.10. The molecule has 0 aliphatic rings. The Hall–Kier alpha value is -0.900. The second kappa shape index (κ2) is 6.15. The normalized spacial score (nSPS) is 11.7. The average molecular weight is 317 g/mol. The molecule has 1 unspecified atom stereocenters. The zero-order valence-corrected chi connectivity index (χ0v) is 11.3. The molecular formula is C13H12BrClFN. The Balaban J connectivity index is 0.00000144. The van der Waals surface area contributed by atoms with Gasteiger partial charge in [0.2, 0.25) is 0 Å². The minimum absolute atomic E-state index is 0. The number of halogens is 3. The van der Waals surface area contributed by atoms with Gasteiger partial charge in [-0.3, -0.25) is 0 Å². The maximum absolute atomic E-state index is 13.2. The number of nitrogens with two attached hydrogens (primary N) is 1. The fourth-order valence-corrected chi connectivity index (χ4v) is 2.09. The van der Waals surface area contributed by atoms with E-state index in [-0.39, 0.29) is 24.3 Å². The third kappa shape index (κ3) is 3.53. The Bertz CT molecular complexity index is 470. The third-order valence-electron chi connectivity index (χ3n) is 2.40. The van der Waals surface area contributed by atoms with Crippen molar-refractivity contribution in [3.8, 4) is 0 Å². The van der Waals surface area contributed by atoms with Crippen molar-refractivity contribution in [3.05, 3.63) is 69.9 Å². The number of rotatable bonds is 2. The van der Waals surface area contributed by atoms with Gasteiger partial charge in [0.25, 0.3) is 0 Å². The van der Waals surface area contributed by atoms with Crippen LogP contribution in [0.3, 0.4) is 0 Å². The molecule has 1 atom stereocenters. The van der Waals surface area contributed by atoms with E-state index in [4.69, 9.17) is 5.73 Å². The predicted molar refractivity (Wildman–Crippen MR) is 73.8 cm³/mol. The maximum atomic E-state index is 13.2. The van der Waals surface area contributed by atoms with Crippen LogP contribution in [0.1, 0.15) is 17.2 Å². The first-order chi connectivity index (χ1) is 7.66. The molecule has 0 saturated carbocycles. The lowest BCUT2D eigenvalue weighted by molar-refractivity contribution is 0.622. The Kier molecular flexibility index (Phi) is 5.12. The van der Waals surface area contributed by atoms with Crippen LogP contribution in [0.15, 0.2) is 53.0 Å². The van der Waals surface area contributed by atoms with Crippen LogP contribution in [0.2, 0.25) is 0 Å². The van der Waals surface area contributed by atoms with E-state index in [9.17, 15) is 4.39 Å². The van der Waals surface area contributed by atoms with Crippen LogP contribution in [0.4, 0.5) is 4.39 Å². The van der Waals surface area contributed by atoms with Crippen LogP contribution in [0, 0.1) is 5.82 Å². The van der Waals surface area contributed by atoms with Gasteiger partial charge in [0.1, 0.15) is 5.82 Å². The molecule has 0 bridgehead atoms. The molecule has 2 N–H and O–H groups in total. The number of hydrogen-bond acceptors (Lipinski definition) is 1. The lowest BCUT2D eigenvalue weighted by Crippen LogP contribution is -2.11. The van der Waals surface area contributed by atoms with Crippen LogP contribution >= 0.6 is 28.3 Å². The maximum Gasteiger partial charge on any atom is 0.124 e. The highest BCUT2D eigenvalue weighted by Crippen LogP contribution is 2.23. The molecule has 90 valence electrons. The second-order valence-electron chi connectivity index (χ2n) is 3.59. The minimum Gasteiger partial charge on any atom is -0.320 e. The van der Waals surface area contributed by atoms with Crippen LogP contribution in [0.5, 0.6) is 0 Å². The average Bonchev–Trinajstić information content (AvgIpc) is 2.28. The first-order valence-electron chi connectivity index (χ1n) is 4.93. The summed E-state index contributed by atoms with van der Waals surface area (Å²) in [7, 11) is 0. The molecule has 0 aliphatic heterocycles. The summed E-state index contributed by atoms with van der Waals surface area (Å²) in [6.45, 7) is 0. The topological polar surface area (TPSA) is 26.0 Å². The van der Waals surface area contributed by atoms with Gasteiger partial charge in [0.15, 0.2) is 0 Å². The van der Waals surface area contributed by atoms with Gasteiger partial charge in [-0.2, -0.15) is 0 Å². The van der Waals surface area contributed by atoms with Crippen molar-refractivity contribution in [2.24, 2.45) is 5.73 Å². The molecule has 0 aromatic heterocycles. The Morgan fingerprint density at radius 1 is 1.00 bits per heavy atom. The van der Waals surface area contributed by atoms with E-state index in [0.717, 1.165) is 11.1 Å². The minimum atomic E-state index is -0.298. The van der Waals surface area contributed by atoms with Crippen molar-refractivity contribution in [3.63, 3.8) is 0 Å². The molecule has 0 amide bonds. The van der Waals surface area contributed by atoms with Gasteiger partial charge in [-0.15, -0.1) is 12.4 Å². The summed E-state index contributed by atoms with van der Waals surface area (Å²) >= 11 is 3.26.